The number of halogens is 1. The number of rotatable bonds is 3. The van der Waals surface area contributed by atoms with Crippen molar-refractivity contribution in [3.05, 3.63) is 53.5 Å². The average molecular weight is 327 g/mol. The number of allylic oxidation sites excluding steroid dienone is 2. The largest absolute Gasteiger partial charge is 0.372 e. The van der Waals surface area contributed by atoms with Crippen LogP contribution in [0.4, 0.5) is 4.39 Å². The molecule has 0 spiro atoms. The SMILES string of the molecule is CBc1ccc(C(=O)N2CCN(C3C=CC(C)=CN3)CC2)c(F)c1. The summed E-state index contributed by atoms with van der Waals surface area (Å²) in [6.07, 6.45) is 6.41. The highest BCUT2D eigenvalue weighted by Gasteiger charge is 2.27. The monoisotopic (exact) mass is 327 g/mol. The molecular formula is C18H23BFN3O. The van der Waals surface area contributed by atoms with Gasteiger partial charge in [-0.15, -0.1) is 0 Å². The Hall–Kier alpha value is -2.08. The quantitative estimate of drug-likeness (QED) is 0.844. The Morgan fingerprint density at radius 1 is 1.29 bits per heavy atom. The van der Waals surface area contributed by atoms with E-state index < -0.39 is 5.82 Å². The number of benzene rings is 1. The molecule has 0 radical (unpaired) electrons. The molecule has 126 valence electrons. The fourth-order valence-corrected chi connectivity index (χ4v) is 3.12. The van der Waals surface area contributed by atoms with Gasteiger partial charge in [-0.3, -0.25) is 9.69 Å². The van der Waals surface area contributed by atoms with Crippen molar-refractivity contribution in [3.8, 4) is 0 Å². The molecule has 1 amide bonds. The second-order valence-corrected chi connectivity index (χ2v) is 6.35. The molecule has 1 aromatic rings. The fourth-order valence-electron chi connectivity index (χ4n) is 3.12. The van der Waals surface area contributed by atoms with Gasteiger partial charge in [-0.05, 0) is 30.7 Å². The van der Waals surface area contributed by atoms with Gasteiger partial charge in [0.05, 0.1) is 11.7 Å². The molecule has 1 N–H and O–H groups in total. The normalized spacial score (nSPS) is 21.2. The zero-order valence-electron chi connectivity index (χ0n) is 14.3. The van der Waals surface area contributed by atoms with Crippen molar-refractivity contribution in [2.24, 2.45) is 0 Å². The van der Waals surface area contributed by atoms with Crippen molar-refractivity contribution in [1.82, 2.24) is 15.1 Å². The Bertz CT molecular complexity index is 681. The summed E-state index contributed by atoms with van der Waals surface area (Å²) < 4.78 is 14.2. The van der Waals surface area contributed by atoms with Gasteiger partial charge in [-0.25, -0.2) is 4.39 Å². The third-order valence-electron chi connectivity index (χ3n) is 4.69. The lowest BCUT2D eigenvalue weighted by molar-refractivity contribution is 0.0583. The number of carbonyl (C=O) groups excluding carboxylic acids is 1. The molecule has 3 rings (SSSR count). The molecule has 1 atom stereocenters. The molecule has 1 unspecified atom stereocenters. The third kappa shape index (κ3) is 3.54. The smallest absolute Gasteiger partial charge is 0.256 e. The Labute approximate surface area is 143 Å². The highest BCUT2D eigenvalue weighted by molar-refractivity contribution is 6.51. The van der Waals surface area contributed by atoms with Gasteiger partial charge >= 0.3 is 0 Å². The van der Waals surface area contributed by atoms with Crippen molar-refractivity contribution in [2.75, 3.05) is 26.2 Å². The van der Waals surface area contributed by atoms with E-state index in [0.717, 1.165) is 25.8 Å². The summed E-state index contributed by atoms with van der Waals surface area (Å²) in [6, 6.07) is 4.91. The molecule has 2 aliphatic rings. The molecule has 0 saturated carbocycles. The predicted octanol–water partition coefficient (Wildman–Crippen LogP) is 1.08. The maximum absolute atomic E-state index is 14.2. The van der Waals surface area contributed by atoms with E-state index in [2.05, 4.69) is 29.3 Å². The highest BCUT2D eigenvalue weighted by Crippen LogP contribution is 2.14. The number of hydrogen-bond acceptors (Lipinski definition) is 3. The van der Waals surface area contributed by atoms with E-state index in [0.29, 0.717) is 13.1 Å². The average Bonchev–Trinajstić information content (AvgIpc) is 2.62. The number of piperazine rings is 1. The standard InChI is InChI=1S/C18H23BFN3O/c1-13-3-6-17(21-12-13)22-7-9-23(10-8-22)18(24)15-5-4-14(19-2)11-16(15)20/h3-6,11-12,17,19,21H,7-10H2,1-2H3. The zero-order valence-corrected chi connectivity index (χ0v) is 14.3. The van der Waals surface area contributed by atoms with E-state index in [9.17, 15) is 9.18 Å². The second kappa shape index (κ2) is 7.22. The number of nitrogens with one attached hydrogen (secondary N) is 1. The number of nitrogens with zero attached hydrogens (tertiary/aromatic N) is 2. The van der Waals surface area contributed by atoms with Crippen molar-refractivity contribution >= 4 is 18.6 Å². The molecule has 1 fully saturated rings. The van der Waals surface area contributed by atoms with Crippen LogP contribution in [0.15, 0.2) is 42.1 Å². The van der Waals surface area contributed by atoms with E-state index >= 15 is 0 Å². The molecule has 4 nitrogen and oxygen atoms in total. The summed E-state index contributed by atoms with van der Waals surface area (Å²) in [7, 11) is 0.764. The summed E-state index contributed by atoms with van der Waals surface area (Å²) in [5.41, 5.74) is 2.29. The summed E-state index contributed by atoms with van der Waals surface area (Å²) in [6.45, 7) is 6.80. The third-order valence-corrected chi connectivity index (χ3v) is 4.69. The minimum atomic E-state index is -0.417. The number of dihydropyridines is 1. The first-order chi connectivity index (χ1) is 11.6. The van der Waals surface area contributed by atoms with Crippen molar-refractivity contribution < 1.29 is 9.18 Å². The van der Waals surface area contributed by atoms with Crippen LogP contribution >= 0.6 is 0 Å². The first-order valence-electron chi connectivity index (χ1n) is 8.51. The Morgan fingerprint density at radius 3 is 2.62 bits per heavy atom. The van der Waals surface area contributed by atoms with Crippen LogP contribution in [0, 0.1) is 5.82 Å². The number of hydrogen-bond donors (Lipinski definition) is 1. The summed E-state index contributed by atoms with van der Waals surface area (Å²) >= 11 is 0. The van der Waals surface area contributed by atoms with E-state index in [1.165, 1.54) is 11.6 Å². The topological polar surface area (TPSA) is 35.6 Å². The molecule has 6 heteroatoms. The van der Waals surface area contributed by atoms with Crippen LogP contribution in [-0.2, 0) is 0 Å². The van der Waals surface area contributed by atoms with E-state index in [1.54, 1.807) is 11.0 Å². The number of amides is 1. The first-order valence-corrected chi connectivity index (χ1v) is 8.51. The van der Waals surface area contributed by atoms with Gasteiger partial charge < -0.3 is 10.2 Å². The predicted molar refractivity (Wildman–Crippen MR) is 96.3 cm³/mol. The minimum Gasteiger partial charge on any atom is -0.372 e. The van der Waals surface area contributed by atoms with Crippen LogP contribution < -0.4 is 10.8 Å². The lowest BCUT2D eigenvalue weighted by Gasteiger charge is -2.39. The molecular weight excluding hydrogens is 304 g/mol. The van der Waals surface area contributed by atoms with Gasteiger partial charge in [0.25, 0.3) is 5.91 Å². The molecule has 24 heavy (non-hydrogen) atoms. The van der Waals surface area contributed by atoms with E-state index in [-0.39, 0.29) is 17.6 Å². The number of carbonyl (C=O) groups is 1. The van der Waals surface area contributed by atoms with Crippen LogP contribution in [0.1, 0.15) is 17.3 Å². The summed E-state index contributed by atoms with van der Waals surface area (Å²) in [4.78, 5) is 16.6. The molecule has 1 saturated heterocycles. The van der Waals surface area contributed by atoms with Crippen molar-refractivity contribution in [2.45, 2.75) is 19.9 Å². The minimum absolute atomic E-state index is 0.173. The van der Waals surface area contributed by atoms with Gasteiger partial charge in [-0.1, -0.05) is 24.4 Å². The molecule has 0 aliphatic carbocycles. The molecule has 2 aliphatic heterocycles. The Balaban J connectivity index is 1.60. The maximum atomic E-state index is 14.2. The highest BCUT2D eigenvalue weighted by atomic mass is 19.1. The van der Waals surface area contributed by atoms with Crippen LogP contribution in [0.5, 0.6) is 0 Å². The first kappa shape index (κ1) is 16.8. The lowest BCUT2D eigenvalue weighted by Crippen LogP contribution is -2.54. The molecule has 0 bridgehead atoms. The van der Waals surface area contributed by atoms with Crippen LogP contribution in [0.2, 0.25) is 6.82 Å². The fraction of sp³-hybridized carbons (Fsp3) is 0.389. The zero-order chi connectivity index (χ0) is 17.1. The van der Waals surface area contributed by atoms with Crippen LogP contribution in [0.3, 0.4) is 0 Å². The van der Waals surface area contributed by atoms with Gasteiger partial charge in [0, 0.05) is 32.4 Å². The van der Waals surface area contributed by atoms with E-state index in [1.807, 2.05) is 19.1 Å². The second-order valence-electron chi connectivity index (χ2n) is 6.35. The van der Waals surface area contributed by atoms with Crippen LogP contribution in [-0.4, -0.2) is 55.3 Å². The Morgan fingerprint density at radius 2 is 2.04 bits per heavy atom. The van der Waals surface area contributed by atoms with Gasteiger partial charge in [0.15, 0.2) is 7.28 Å². The lowest BCUT2D eigenvalue weighted by atomic mass is 9.73. The van der Waals surface area contributed by atoms with E-state index in [4.69, 9.17) is 0 Å². The van der Waals surface area contributed by atoms with Crippen molar-refractivity contribution in [3.63, 3.8) is 0 Å². The maximum Gasteiger partial charge on any atom is 0.256 e. The molecule has 0 aromatic heterocycles. The molecule has 1 aromatic carbocycles. The van der Waals surface area contributed by atoms with Crippen molar-refractivity contribution in [1.29, 1.82) is 0 Å². The van der Waals surface area contributed by atoms with Gasteiger partial charge in [0.1, 0.15) is 5.82 Å². The Kier molecular flexibility index (Phi) is 5.04. The molecule has 2 heterocycles. The van der Waals surface area contributed by atoms with Gasteiger partial charge in [-0.2, -0.15) is 0 Å². The summed E-state index contributed by atoms with van der Waals surface area (Å²) in [5, 5.41) is 3.35. The van der Waals surface area contributed by atoms with Gasteiger partial charge in [0.2, 0.25) is 0 Å². The van der Waals surface area contributed by atoms with Crippen LogP contribution in [0.25, 0.3) is 0 Å². The summed E-state index contributed by atoms with van der Waals surface area (Å²) in [5.74, 6) is -0.628.